The van der Waals surface area contributed by atoms with E-state index in [0.29, 0.717) is 6.54 Å². The molecule has 152 valence electrons. The molecule has 3 rings (SSSR count). The fourth-order valence-corrected chi connectivity index (χ4v) is 3.21. The van der Waals surface area contributed by atoms with Crippen molar-refractivity contribution in [1.82, 2.24) is 4.57 Å². The van der Waals surface area contributed by atoms with E-state index in [0.717, 1.165) is 22.0 Å². The summed E-state index contributed by atoms with van der Waals surface area (Å²) in [5, 5.41) is 22.6. The highest BCUT2D eigenvalue weighted by atomic mass is 16.6. The third kappa shape index (κ3) is 5.38. The number of rotatable bonds is 6. The van der Waals surface area contributed by atoms with Gasteiger partial charge in [0.1, 0.15) is 6.08 Å². The minimum atomic E-state index is -1.21. The Hall–Kier alpha value is -3.28. The number of aliphatic imine (C=N–C) groups is 1. The lowest BCUT2D eigenvalue weighted by molar-refractivity contribution is -0.261. The molecule has 2 aromatic carbocycles. The number of hydrogen-bond acceptors (Lipinski definition) is 4. The van der Waals surface area contributed by atoms with Crippen LogP contribution in [0.15, 0.2) is 65.8 Å². The molecule has 0 bridgehead atoms. The summed E-state index contributed by atoms with van der Waals surface area (Å²) in [5.41, 5.74) is 2.26. The Kier molecular flexibility index (Phi) is 5.92. The average molecular weight is 393 g/mol. The molecule has 0 amide bonds. The average Bonchev–Trinajstić information content (AvgIpc) is 2.98. The molecule has 0 radical (unpaired) electrons. The van der Waals surface area contributed by atoms with Crippen LogP contribution in [0.4, 0.5) is 0 Å². The summed E-state index contributed by atoms with van der Waals surface area (Å²) in [7, 11) is 0. The molecule has 0 saturated carbocycles. The van der Waals surface area contributed by atoms with Crippen molar-refractivity contribution < 1.29 is 19.7 Å². The number of nitrogens with zero attached hydrogens (tertiary/aromatic N) is 2. The SMILES string of the molecule is CC(C)(C)OC([O-])=NC(Cc1cn(Cc2ccccc2)c2ccccc12)C(=O)O. The van der Waals surface area contributed by atoms with Gasteiger partial charge in [-0.05, 0) is 17.2 Å². The molecule has 0 saturated heterocycles. The number of carboxylic acid groups (broad SMARTS) is 1. The van der Waals surface area contributed by atoms with Gasteiger partial charge in [-0.25, -0.2) is 4.79 Å². The first-order valence-corrected chi connectivity index (χ1v) is 9.50. The van der Waals surface area contributed by atoms with Crippen LogP contribution in [-0.2, 0) is 22.5 Å². The van der Waals surface area contributed by atoms with Crippen molar-refractivity contribution in [2.24, 2.45) is 4.99 Å². The van der Waals surface area contributed by atoms with Crippen LogP contribution in [0.5, 0.6) is 0 Å². The van der Waals surface area contributed by atoms with Crippen LogP contribution in [0, 0.1) is 0 Å². The van der Waals surface area contributed by atoms with Crippen LogP contribution in [0.1, 0.15) is 31.9 Å². The first kappa shape index (κ1) is 20.5. The van der Waals surface area contributed by atoms with Crippen molar-refractivity contribution in [3.05, 3.63) is 71.9 Å². The van der Waals surface area contributed by atoms with Crippen LogP contribution in [-0.4, -0.2) is 33.4 Å². The lowest BCUT2D eigenvalue weighted by atomic mass is 10.1. The molecule has 0 spiro atoms. The quantitative estimate of drug-likeness (QED) is 0.515. The largest absolute Gasteiger partial charge is 0.595 e. The van der Waals surface area contributed by atoms with Crippen LogP contribution in [0.3, 0.4) is 0 Å². The van der Waals surface area contributed by atoms with Gasteiger partial charge in [-0.2, -0.15) is 0 Å². The molecule has 1 N–H and O–H groups in total. The maximum Gasteiger partial charge on any atom is 0.328 e. The lowest BCUT2D eigenvalue weighted by Crippen LogP contribution is -2.34. The summed E-state index contributed by atoms with van der Waals surface area (Å²) in [6, 6.07) is 16.7. The number of hydrogen-bond donors (Lipinski definition) is 1. The normalized spacial score (nSPS) is 13.4. The van der Waals surface area contributed by atoms with E-state index in [1.807, 2.05) is 60.8 Å². The van der Waals surface area contributed by atoms with Gasteiger partial charge in [-0.15, -0.1) is 0 Å². The Morgan fingerprint density at radius 1 is 1.14 bits per heavy atom. The highest BCUT2D eigenvalue weighted by molar-refractivity contribution is 5.85. The Labute approximate surface area is 170 Å². The van der Waals surface area contributed by atoms with E-state index in [-0.39, 0.29) is 6.42 Å². The van der Waals surface area contributed by atoms with Gasteiger partial charge in [0, 0.05) is 35.7 Å². The van der Waals surface area contributed by atoms with Crippen LogP contribution in [0.25, 0.3) is 10.9 Å². The van der Waals surface area contributed by atoms with E-state index in [9.17, 15) is 15.0 Å². The summed E-state index contributed by atoms with van der Waals surface area (Å²) < 4.78 is 7.24. The van der Waals surface area contributed by atoms with Crippen LogP contribution in [0.2, 0.25) is 0 Å². The summed E-state index contributed by atoms with van der Waals surface area (Å²) in [6.45, 7) is 5.82. The van der Waals surface area contributed by atoms with Crippen molar-refractivity contribution in [1.29, 1.82) is 0 Å². The maximum absolute atomic E-state index is 12.0. The highest BCUT2D eigenvalue weighted by Gasteiger charge is 2.20. The summed E-state index contributed by atoms with van der Waals surface area (Å²) in [4.78, 5) is 15.5. The second-order valence-electron chi connectivity index (χ2n) is 7.95. The summed E-state index contributed by atoms with van der Waals surface area (Å²) in [6.07, 6.45) is 1.19. The molecule has 1 atom stereocenters. The van der Waals surface area contributed by atoms with Gasteiger partial charge < -0.3 is 19.5 Å². The Morgan fingerprint density at radius 3 is 2.45 bits per heavy atom. The summed E-state index contributed by atoms with van der Waals surface area (Å²) in [5.74, 6) is -1.16. The number of benzene rings is 2. The first-order valence-electron chi connectivity index (χ1n) is 9.50. The van der Waals surface area contributed by atoms with Gasteiger partial charge >= 0.3 is 5.97 Å². The van der Waals surface area contributed by atoms with Crippen LogP contribution < -0.4 is 5.11 Å². The monoisotopic (exact) mass is 393 g/mol. The number of carbonyl (C=O) groups is 1. The van der Waals surface area contributed by atoms with Gasteiger partial charge in [0.05, 0.1) is 0 Å². The molecule has 1 unspecified atom stereocenters. The van der Waals surface area contributed by atoms with Gasteiger partial charge in [0.2, 0.25) is 0 Å². The maximum atomic E-state index is 12.0. The molecule has 1 aromatic heterocycles. The molecule has 0 aliphatic heterocycles. The Bertz CT molecular complexity index is 1020. The van der Waals surface area contributed by atoms with E-state index in [4.69, 9.17) is 4.74 Å². The fourth-order valence-electron chi connectivity index (χ4n) is 3.21. The number of aliphatic carboxylic acids is 1. The van der Waals surface area contributed by atoms with E-state index < -0.39 is 23.7 Å². The Morgan fingerprint density at radius 2 is 1.79 bits per heavy atom. The molecule has 3 aromatic rings. The topological polar surface area (TPSA) is 86.9 Å². The number of ether oxygens (including phenoxy) is 1. The smallest absolute Gasteiger partial charge is 0.328 e. The van der Waals surface area contributed by atoms with Crippen molar-refractivity contribution in [2.45, 2.75) is 45.4 Å². The number of aromatic nitrogens is 1. The standard InChI is InChI=1S/C23H26N2O4/c1-23(2,3)29-22(28)24-19(21(26)27)13-17-15-25(14-16-9-5-4-6-10-16)20-12-8-7-11-18(17)20/h4-12,15,19H,13-14H2,1-3H3,(H,24,28)(H,26,27)/p-1. The molecule has 1 heterocycles. The summed E-state index contributed by atoms with van der Waals surface area (Å²) >= 11 is 0. The molecule has 29 heavy (non-hydrogen) atoms. The fraction of sp³-hybridized carbons (Fsp3) is 0.304. The van der Waals surface area contributed by atoms with Crippen LogP contribution >= 0.6 is 0 Å². The Balaban J connectivity index is 1.92. The predicted molar refractivity (Wildman–Crippen MR) is 111 cm³/mol. The van der Waals surface area contributed by atoms with Gasteiger partial charge in [-0.3, -0.25) is 4.99 Å². The minimum Gasteiger partial charge on any atom is -0.595 e. The zero-order valence-electron chi connectivity index (χ0n) is 16.8. The van der Waals surface area contributed by atoms with E-state index in [1.165, 1.54) is 0 Å². The van der Waals surface area contributed by atoms with Crippen molar-refractivity contribution in [2.75, 3.05) is 0 Å². The van der Waals surface area contributed by atoms with E-state index in [2.05, 4.69) is 9.56 Å². The van der Waals surface area contributed by atoms with Crippen molar-refractivity contribution >= 4 is 23.0 Å². The molecule has 6 nitrogen and oxygen atoms in total. The van der Waals surface area contributed by atoms with Gasteiger partial charge in [0.25, 0.3) is 0 Å². The van der Waals surface area contributed by atoms with E-state index in [1.54, 1.807) is 20.8 Å². The third-order valence-corrected chi connectivity index (χ3v) is 4.42. The number of carboxylic acids is 1. The zero-order valence-corrected chi connectivity index (χ0v) is 16.8. The molecule has 0 aliphatic rings. The molecule has 6 heteroatoms. The zero-order chi connectivity index (χ0) is 21.0. The van der Waals surface area contributed by atoms with Crippen molar-refractivity contribution in [3.63, 3.8) is 0 Å². The third-order valence-electron chi connectivity index (χ3n) is 4.42. The number of fused-ring (bicyclic) bond motifs is 1. The van der Waals surface area contributed by atoms with Crippen molar-refractivity contribution in [3.8, 4) is 0 Å². The van der Waals surface area contributed by atoms with E-state index >= 15 is 0 Å². The highest BCUT2D eigenvalue weighted by Crippen LogP contribution is 2.24. The molecular weight excluding hydrogens is 368 g/mol. The molecule has 0 fully saturated rings. The lowest BCUT2D eigenvalue weighted by Gasteiger charge is -2.30. The second-order valence-corrected chi connectivity index (χ2v) is 7.95. The second kappa shape index (κ2) is 8.39. The molecule has 0 aliphatic carbocycles. The minimum absolute atomic E-state index is 0.108. The van der Waals surface area contributed by atoms with Gasteiger partial charge in [-0.1, -0.05) is 69.3 Å². The molecular formula is C23H25N2O4-. The number of para-hydroxylation sites is 1. The predicted octanol–water partition coefficient (Wildman–Crippen LogP) is 3.22. The first-order chi connectivity index (χ1) is 13.7. The van der Waals surface area contributed by atoms with Gasteiger partial charge in [0.15, 0.2) is 6.04 Å².